The third kappa shape index (κ3) is 5.47. The third-order valence-corrected chi connectivity index (χ3v) is 2.84. The van der Waals surface area contributed by atoms with Gasteiger partial charge in [-0.15, -0.1) is 0 Å². The van der Waals surface area contributed by atoms with Gasteiger partial charge in [-0.2, -0.15) is 5.10 Å². The Labute approximate surface area is 135 Å². The number of carboxylic acids is 1. The molecule has 5 nitrogen and oxygen atoms in total. The van der Waals surface area contributed by atoms with Gasteiger partial charge in [0.1, 0.15) is 11.4 Å². The van der Waals surface area contributed by atoms with E-state index in [0.29, 0.717) is 0 Å². The largest absolute Gasteiger partial charge is 0.488 e. The molecule has 0 amide bonds. The van der Waals surface area contributed by atoms with E-state index in [0.717, 1.165) is 17.0 Å². The molecule has 0 saturated carbocycles. The van der Waals surface area contributed by atoms with Gasteiger partial charge in [0.2, 0.25) is 0 Å². The molecule has 120 valence electrons. The van der Waals surface area contributed by atoms with Crippen molar-refractivity contribution < 1.29 is 14.6 Å². The second kappa shape index (κ2) is 6.96. The second-order valence-corrected chi connectivity index (χ2v) is 6.04. The van der Waals surface area contributed by atoms with E-state index in [1.807, 2.05) is 45.0 Å². The summed E-state index contributed by atoms with van der Waals surface area (Å²) in [6.45, 7) is 6.01. The Morgan fingerprint density at radius 2 is 1.70 bits per heavy atom. The quantitative estimate of drug-likeness (QED) is 0.646. The molecule has 0 aliphatic heterocycles. The van der Waals surface area contributed by atoms with E-state index in [1.54, 1.807) is 18.3 Å². The molecule has 0 spiro atoms. The first-order valence-corrected chi connectivity index (χ1v) is 7.25. The Morgan fingerprint density at radius 3 is 2.22 bits per heavy atom. The van der Waals surface area contributed by atoms with Gasteiger partial charge < -0.3 is 9.84 Å². The van der Waals surface area contributed by atoms with Crippen LogP contribution in [0.25, 0.3) is 0 Å². The first-order valence-electron chi connectivity index (χ1n) is 7.25. The van der Waals surface area contributed by atoms with E-state index in [2.05, 4.69) is 10.5 Å². The highest BCUT2D eigenvalue weighted by Crippen LogP contribution is 2.18. The van der Waals surface area contributed by atoms with Crippen LogP contribution < -0.4 is 10.2 Å². The van der Waals surface area contributed by atoms with E-state index in [9.17, 15) is 4.79 Å². The molecule has 2 aromatic rings. The van der Waals surface area contributed by atoms with Crippen LogP contribution in [0.15, 0.2) is 53.6 Å². The van der Waals surface area contributed by atoms with Gasteiger partial charge in [-0.25, -0.2) is 4.79 Å². The monoisotopic (exact) mass is 312 g/mol. The van der Waals surface area contributed by atoms with Crippen LogP contribution in [-0.4, -0.2) is 22.9 Å². The van der Waals surface area contributed by atoms with Crippen LogP contribution in [-0.2, 0) is 0 Å². The average molecular weight is 312 g/mol. The van der Waals surface area contributed by atoms with Crippen LogP contribution in [0.5, 0.6) is 5.75 Å². The van der Waals surface area contributed by atoms with Gasteiger partial charge in [-0.1, -0.05) is 0 Å². The van der Waals surface area contributed by atoms with E-state index in [1.165, 1.54) is 12.1 Å². The van der Waals surface area contributed by atoms with Gasteiger partial charge >= 0.3 is 5.97 Å². The maximum absolute atomic E-state index is 10.8. The van der Waals surface area contributed by atoms with Crippen LogP contribution in [0.3, 0.4) is 0 Å². The minimum Gasteiger partial charge on any atom is -0.488 e. The topological polar surface area (TPSA) is 70.9 Å². The lowest BCUT2D eigenvalue weighted by atomic mass is 10.2. The molecule has 2 rings (SSSR count). The van der Waals surface area contributed by atoms with Gasteiger partial charge in [0.05, 0.1) is 17.5 Å². The Bertz CT molecular complexity index is 684. The molecule has 0 radical (unpaired) electrons. The molecule has 5 heteroatoms. The van der Waals surface area contributed by atoms with E-state index in [4.69, 9.17) is 9.84 Å². The zero-order valence-electron chi connectivity index (χ0n) is 13.4. The van der Waals surface area contributed by atoms with Crippen molar-refractivity contribution in [2.24, 2.45) is 5.10 Å². The van der Waals surface area contributed by atoms with Gasteiger partial charge in [0.25, 0.3) is 0 Å². The molecule has 0 unspecified atom stereocenters. The highest BCUT2D eigenvalue weighted by molar-refractivity contribution is 5.88. The molecule has 23 heavy (non-hydrogen) atoms. The SMILES string of the molecule is CC(C)(C)Oc1ccc(C=NNc2ccc(C(=O)O)cc2)cc1. The molecule has 0 aromatic heterocycles. The number of hydrogen-bond donors (Lipinski definition) is 2. The summed E-state index contributed by atoms with van der Waals surface area (Å²) < 4.78 is 5.75. The first-order chi connectivity index (χ1) is 10.8. The lowest BCUT2D eigenvalue weighted by molar-refractivity contribution is 0.0697. The molecule has 0 aliphatic rings. The molecule has 0 aliphatic carbocycles. The number of nitrogens with one attached hydrogen (secondary N) is 1. The number of benzene rings is 2. The zero-order valence-corrected chi connectivity index (χ0v) is 13.4. The number of ether oxygens (including phenoxy) is 1. The standard InChI is InChI=1S/C18H20N2O3/c1-18(2,3)23-16-10-4-13(5-11-16)12-19-20-15-8-6-14(7-9-15)17(21)22/h4-12,20H,1-3H3,(H,21,22). The fraction of sp³-hybridized carbons (Fsp3) is 0.222. The van der Waals surface area contributed by atoms with Crippen LogP contribution in [0.4, 0.5) is 5.69 Å². The molecule has 0 saturated heterocycles. The van der Waals surface area contributed by atoms with Crippen LogP contribution in [0, 0.1) is 0 Å². The summed E-state index contributed by atoms with van der Waals surface area (Å²) in [5.74, 6) is -0.135. The van der Waals surface area contributed by atoms with Crippen molar-refractivity contribution in [3.63, 3.8) is 0 Å². The Morgan fingerprint density at radius 1 is 1.09 bits per heavy atom. The smallest absolute Gasteiger partial charge is 0.335 e. The minimum absolute atomic E-state index is 0.223. The first kappa shape index (κ1) is 16.5. The maximum atomic E-state index is 10.8. The Balaban J connectivity index is 1.94. The van der Waals surface area contributed by atoms with Gasteiger partial charge in [0.15, 0.2) is 0 Å². The number of aromatic carboxylic acids is 1. The number of hydrazone groups is 1. The molecule has 0 atom stereocenters. The lowest BCUT2D eigenvalue weighted by Gasteiger charge is -2.21. The summed E-state index contributed by atoms with van der Waals surface area (Å²) >= 11 is 0. The van der Waals surface area contributed by atoms with Crippen molar-refractivity contribution >= 4 is 17.9 Å². The maximum Gasteiger partial charge on any atom is 0.335 e. The molecule has 2 N–H and O–H groups in total. The van der Waals surface area contributed by atoms with E-state index < -0.39 is 5.97 Å². The van der Waals surface area contributed by atoms with Crippen LogP contribution in [0.2, 0.25) is 0 Å². The van der Waals surface area contributed by atoms with Gasteiger partial charge in [-0.05, 0) is 74.9 Å². The molecule has 0 bridgehead atoms. The second-order valence-electron chi connectivity index (χ2n) is 6.04. The van der Waals surface area contributed by atoms with Gasteiger partial charge in [-0.3, -0.25) is 5.43 Å². The Kier molecular flexibility index (Phi) is 5.01. The molecule has 2 aromatic carbocycles. The predicted octanol–water partition coefficient (Wildman–Crippen LogP) is 4.01. The van der Waals surface area contributed by atoms with Crippen LogP contribution >= 0.6 is 0 Å². The van der Waals surface area contributed by atoms with Crippen molar-refractivity contribution in [2.45, 2.75) is 26.4 Å². The Hall–Kier alpha value is -2.82. The number of carboxylic acid groups (broad SMARTS) is 1. The molecule has 0 fully saturated rings. The molecule has 0 heterocycles. The number of nitrogens with zero attached hydrogens (tertiary/aromatic N) is 1. The average Bonchev–Trinajstić information content (AvgIpc) is 2.48. The van der Waals surface area contributed by atoms with E-state index in [-0.39, 0.29) is 11.2 Å². The summed E-state index contributed by atoms with van der Waals surface area (Å²) in [7, 11) is 0. The van der Waals surface area contributed by atoms with Crippen molar-refractivity contribution in [1.82, 2.24) is 0 Å². The van der Waals surface area contributed by atoms with Crippen molar-refractivity contribution in [2.75, 3.05) is 5.43 Å². The number of anilines is 1. The number of rotatable bonds is 5. The van der Waals surface area contributed by atoms with Crippen LogP contribution in [0.1, 0.15) is 36.7 Å². The fourth-order valence-corrected chi connectivity index (χ4v) is 1.84. The normalized spacial score (nSPS) is 11.4. The van der Waals surface area contributed by atoms with Crippen molar-refractivity contribution in [3.8, 4) is 5.75 Å². The highest BCUT2D eigenvalue weighted by Gasteiger charge is 2.11. The summed E-state index contributed by atoms with van der Waals surface area (Å²) in [5.41, 5.74) is 4.53. The highest BCUT2D eigenvalue weighted by atomic mass is 16.5. The van der Waals surface area contributed by atoms with Crippen molar-refractivity contribution in [1.29, 1.82) is 0 Å². The summed E-state index contributed by atoms with van der Waals surface area (Å²) in [5, 5.41) is 13.0. The van der Waals surface area contributed by atoms with Crippen molar-refractivity contribution in [3.05, 3.63) is 59.7 Å². The predicted molar refractivity (Wildman–Crippen MR) is 91.4 cm³/mol. The third-order valence-electron chi connectivity index (χ3n) is 2.84. The number of hydrogen-bond acceptors (Lipinski definition) is 4. The van der Waals surface area contributed by atoms with Gasteiger partial charge in [0, 0.05) is 0 Å². The zero-order chi connectivity index (χ0) is 16.9. The summed E-state index contributed by atoms with van der Waals surface area (Å²) in [6, 6.07) is 14.0. The summed E-state index contributed by atoms with van der Waals surface area (Å²) in [4.78, 5) is 10.8. The summed E-state index contributed by atoms with van der Waals surface area (Å²) in [6.07, 6.45) is 1.69. The number of carbonyl (C=O) groups is 1. The minimum atomic E-state index is -0.947. The molecular weight excluding hydrogens is 292 g/mol. The fourth-order valence-electron chi connectivity index (χ4n) is 1.84. The van der Waals surface area contributed by atoms with E-state index >= 15 is 0 Å². The lowest BCUT2D eigenvalue weighted by Crippen LogP contribution is -2.22. The molecular formula is C18H20N2O3.